The lowest BCUT2D eigenvalue weighted by Gasteiger charge is -2.14. The molecule has 0 saturated heterocycles. The zero-order valence-corrected chi connectivity index (χ0v) is 22.0. The van der Waals surface area contributed by atoms with Crippen molar-refractivity contribution in [2.75, 3.05) is 0 Å². The fourth-order valence-electron chi connectivity index (χ4n) is 6.49. The van der Waals surface area contributed by atoms with Crippen molar-refractivity contribution >= 4 is 65.3 Å². The van der Waals surface area contributed by atoms with Crippen molar-refractivity contribution in [1.82, 2.24) is 9.97 Å². The summed E-state index contributed by atoms with van der Waals surface area (Å²) in [7, 11) is 0. The predicted octanol–water partition coefficient (Wildman–Crippen LogP) is 10.3. The van der Waals surface area contributed by atoms with Crippen LogP contribution in [0, 0.1) is 0 Å². The van der Waals surface area contributed by atoms with Crippen molar-refractivity contribution < 1.29 is 4.42 Å². The van der Waals surface area contributed by atoms with E-state index in [1.807, 2.05) is 12.1 Å². The molecule has 0 unspecified atom stereocenters. The van der Waals surface area contributed by atoms with Crippen LogP contribution in [0.2, 0.25) is 0 Å². The minimum absolute atomic E-state index is 0.913. The lowest BCUT2D eigenvalue weighted by Crippen LogP contribution is -1.90. The Hall–Kier alpha value is -5.54. The summed E-state index contributed by atoms with van der Waals surface area (Å²) in [5.41, 5.74) is 8.51. The summed E-state index contributed by atoms with van der Waals surface area (Å²) in [6.45, 7) is 0. The molecule has 190 valence electrons. The van der Waals surface area contributed by atoms with Gasteiger partial charge in [-0.25, -0.2) is 0 Å². The summed E-state index contributed by atoms with van der Waals surface area (Å²) in [6.07, 6.45) is 3.55. The monoisotopic (exact) mass is 522 g/mol. The molecule has 3 nitrogen and oxygen atoms in total. The number of hydrogen-bond donors (Lipinski definition) is 0. The highest BCUT2D eigenvalue weighted by molar-refractivity contribution is 6.23. The van der Waals surface area contributed by atoms with Gasteiger partial charge in [-0.2, -0.15) is 0 Å². The van der Waals surface area contributed by atoms with Crippen LogP contribution in [0.5, 0.6) is 0 Å². The minimum atomic E-state index is 0.913. The van der Waals surface area contributed by atoms with Gasteiger partial charge in [0, 0.05) is 33.9 Å². The molecule has 0 spiro atoms. The third-order valence-electron chi connectivity index (χ3n) is 8.37. The highest BCUT2D eigenvalue weighted by Crippen LogP contribution is 2.40. The number of aromatic nitrogens is 2. The van der Waals surface area contributed by atoms with Crippen LogP contribution in [-0.4, -0.2) is 9.97 Å². The van der Waals surface area contributed by atoms with Crippen LogP contribution in [0.3, 0.4) is 0 Å². The van der Waals surface area contributed by atoms with Crippen molar-refractivity contribution in [1.29, 1.82) is 0 Å². The predicted molar refractivity (Wildman–Crippen MR) is 170 cm³/mol. The summed E-state index contributed by atoms with van der Waals surface area (Å²) >= 11 is 0. The molecular weight excluding hydrogens is 500 g/mol. The van der Waals surface area contributed by atoms with E-state index in [1.165, 1.54) is 43.8 Å². The minimum Gasteiger partial charge on any atom is -0.456 e. The molecule has 0 atom stereocenters. The molecule has 0 saturated carbocycles. The summed E-state index contributed by atoms with van der Waals surface area (Å²) < 4.78 is 6.09. The van der Waals surface area contributed by atoms with Gasteiger partial charge < -0.3 is 4.42 Å². The molecule has 0 N–H and O–H groups in total. The number of fused-ring (bicyclic) bond motifs is 10. The molecule has 0 amide bonds. The Morgan fingerprint density at radius 1 is 0.366 bits per heavy atom. The number of para-hydroxylation sites is 1. The average Bonchev–Trinajstić information content (AvgIpc) is 3.42. The fraction of sp³-hybridized carbons (Fsp3) is 0. The van der Waals surface area contributed by atoms with Crippen LogP contribution >= 0.6 is 0 Å². The molecule has 2 heterocycles. The van der Waals surface area contributed by atoms with Crippen molar-refractivity contribution in [3.8, 4) is 22.3 Å². The Morgan fingerprint density at radius 2 is 0.878 bits per heavy atom. The van der Waals surface area contributed by atoms with Crippen molar-refractivity contribution in [3.63, 3.8) is 0 Å². The first kappa shape index (κ1) is 22.3. The normalized spacial score (nSPS) is 11.9. The zero-order valence-electron chi connectivity index (χ0n) is 22.0. The zero-order chi connectivity index (χ0) is 26.9. The quantitative estimate of drug-likeness (QED) is 0.212. The van der Waals surface area contributed by atoms with Gasteiger partial charge in [-0.05, 0) is 68.1 Å². The second-order valence-electron chi connectivity index (χ2n) is 10.6. The van der Waals surface area contributed by atoms with Gasteiger partial charge in [0.25, 0.3) is 0 Å². The molecule has 0 radical (unpaired) electrons. The lowest BCUT2D eigenvalue weighted by molar-refractivity contribution is 0.669. The van der Waals surface area contributed by atoms with Crippen molar-refractivity contribution in [2.45, 2.75) is 0 Å². The molecule has 0 bridgehead atoms. The second-order valence-corrected chi connectivity index (χ2v) is 10.6. The Morgan fingerprint density at radius 3 is 1.59 bits per heavy atom. The van der Waals surface area contributed by atoms with Crippen LogP contribution < -0.4 is 0 Å². The highest BCUT2D eigenvalue weighted by atomic mass is 16.3. The fourth-order valence-corrected chi connectivity index (χ4v) is 6.49. The highest BCUT2D eigenvalue weighted by Gasteiger charge is 2.15. The van der Waals surface area contributed by atoms with Gasteiger partial charge in [0.15, 0.2) is 0 Å². The SMILES string of the molecule is c1ccc2c(c1)oc1ccc(-c3ccc(-c4ccc5c(c4)c4ccccc4c4nccnc54)c4ccccc34)cc12. The van der Waals surface area contributed by atoms with E-state index in [1.54, 1.807) is 12.4 Å². The van der Waals surface area contributed by atoms with Gasteiger partial charge in [0.05, 0.1) is 11.0 Å². The number of rotatable bonds is 2. The van der Waals surface area contributed by atoms with E-state index in [4.69, 9.17) is 9.40 Å². The Labute approximate surface area is 235 Å². The maximum Gasteiger partial charge on any atom is 0.135 e. The molecule has 9 aromatic rings. The van der Waals surface area contributed by atoms with E-state index in [2.05, 4.69) is 114 Å². The summed E-state index contributed by atoms with van der Waals surface area (Å²) in [5, 5.41) is 9.38. The van der Waals surface area contributed by atoms with E-state index in [-0.39, 0.29) is 0 Å². The Kier molecular flexibility index (Phi) is 4.61. The third-order valence-corrected chi connectivity index (χ3v) is 8.37. The van der Waals surface area contributed by atoms with E-state index >= 15 is 0 Å². The molecule has 0 aliphatic carbocycles. The van der Waals surface area contributed by atoms with E-state index in [9.17, 15) is 0 Å². The summed E-state index contributed by atoms with van der Waals surface area (Å²) in [6, 6.07) is 43.2. The third kappa shape index (κ3) is 3.26. The first-order chi connectivity index (χ1) is 20.3. The molecule has 0 aliphatic rings. The van der Waals surface area contributed by atoms with Gasteiger partial charge in [0.1, 0.15) is 11.2 Å². The molecule has 7 aromatic carbocycles. The first-order valence-corrected chi connectivity index (χ1v) is 13.8. The molecular formula is C38H22N2O. The largest absolute Gasteiger partial charge is 0.456 e. The number of nitrogens with zero attached hydrogens (tertiary/aromatic N) is 2. The lowest BCUT2D eigenvalue weighted by atomic mass is 9.90. The van der Waals surface area contributed by atoms with Gasteiger partial charge in [-0.15, -0.1) is 0 Å². The van der Waals surface area contributed by atoms with Crippen LogP contribution in [0.4, 0.5) is 0 Å². The number of hydrogen-bond acceptors (Lipinski definition) is 3. The van der Waals surface area contributed by atoms with E-state index in [0.29, 0.717) is 0 Å². The molecule has 3 heteroatoms. The number of benzene rings is 7. The van der Waals surface area contributed by atoms with Crippen LogP contribution in [0.15, 0.2) is 138 Å². The smallest absolute Gasteiger partial charge is 0.135 e. The maximum absolute atomic E-state index is 6.09. The van der Waals surface area contributed by atoms with E-state index < -0.39 is 0 Å². The van der Waals surface area contributed by atoms with Crippen molar-refractivity contribution in [2.24, 2.45) is 0 Å². The van der Waals surface area contributed by atoms with Gasteiger partial charge in [0.2, 0.25) is 0 Å². The molecule has 41 heavy (non-hydrogen) atoms. The second kappa shape index (κ2) is 8.48. The van der Waals surface area contributed by atoms with Gasteiger partial charge >= 0.3 is 0 Å². The summed E-state index contributed by atoms with van der Waals surface area (Å²) in [4.78, 5) is 9.41. The molecule has 0 fully saturated rings. The van der Waals surface area contributed by atoms with Crippen molar-refractivity contribution in [3.05, 3.63) is 134 Å². The average molecular weight is 523 g/mol. The molecule has 9 rings (SSSR count). The number of furan rings is 1. The standard InChI is InChI=1S/C38H22N2O/c1-2-8-28-26(24-14-18-36-34(22-24)30-10-5-6-12-35(30)41-36)17-16-25(27(28)7-1)23-13-15-32-33(21-23)29-9-3-4-11-31(29)37-38(32)40-20-19-39-37/h1-22H. The van der Waals surface area contributed by atoms with Crippen LogP contribution in [-0.2, 0) is 0 Å². The molecule has 0 aliphatic heterocycles. The Balaban J connectivity index is 1.28. The van der Waals surface area contributed by atoms with E-state index in [0.717, 1.165) is 43.7 Å². The van der Waals surface area contributed by atoms with Crippen LogP contribution in [0.1, 0.15) is 0 Å². The first-order valence-electron chi connectivity index (χ1n) is 13.8. The maximum atomic E-state index is 6.09. The van der Waals surface area contributed by atoms with Gasteiger partial charge in [-0.1, -0.05) is 97.1 Å². The van der Waals surface area contributed by atoms with Gasteiger partial charge in [-0.3, -0.25) is 9.97 Å². The topological polar surface area (TPSA) is 38.9 Å². The Bertz CT molecular complexity index is 2450. The summed E-state index contributed by atoms with van der Waals surface area (Å²) in [5.74, 6) is 0. The van der Waals surface area contributed by atoms with Crippen LogP contribution in [0.25, 0.3) is 87.5 Å². The molecule has 2 aromatic heterocycles.